The van der Waals surface area contributed by atoms with Crippen LogP contribution in [0.15, 0.2) is 0 Å². The molecule has 0 radical (unpaired) electrons. The van der Waals surface area contributed by atoms with Crippen molar-refractivity contribution in [2.45, 2.75) is 39.7 Å². The highest BCUT2D eigenvalue weighted by molar-refractivity contribution is 5.82. The minimum Gasteiger partial charge on any atom is -0.371 e. The molecule has 0 N–H and O–H groups in total. The van der Waals surface area contributed by atoms with Gasteiger partial charge in [0.15, 0.2) is 5.78 Å². The van der Waals surface area contributed by atoms with E-state index >= 15 is 0 Å². The molecule has 0 heterocycles. The molecule has 0 aromatic heterocycles. The van der Waals surface area contributed by atoms with Crippen LogP contribution in [0.2, 0.25) is 0 Å². The smallest absolute Gasteiger partial charge is 0.160 e. The van der Waals surface area contributed by atoms with E-state index in [2.05, 4.69) is 0 Å². The molecule has 0 aromatic rings. The molecule has 1 atom stereocenters. The van der Waals surface area contributed by atoms with Gasteiger partial charge < -0.3 is 4.74 Å². The molecule has 10 heavy (non-hydrogen) atoms. The van der Waals surface area contributed by atoms with E-state index < -0.39 is 0 Å². The van der Waals surface area contributed by atoms with E-state index in [1.807, 2.05) is 20.8 Å². The Kier molecular flexibility index (Phi) is 5.22. The van der Waals surface area contributed by atoms with Crippen molar-refractivity contribution in [3.63, 3.8) is 0 Å². The Hall–Kier alpha value is -0.370. The summed E-state index contributed by atoms with van der Waals surface area (Å²) in [6, 6.07) is 0. The highest BCUT2D eigenvalue weighted by atomic mass is 16.5. The maximum absolute atomic E-state index is 10.9. The number of hydrogen-bond donors (Lipinski definition) is 0. The minimum absolute atomic E-state index is 0.188. The third-order valence-electron chi connectivity index (χ3n) is 1.37. The number of ether oxygens (including phenoxy) is 1. The second-order valence-corrected chi connectivity index (χ2v) is 2.33. The average Bonchev–Trinajstić information content (AvgIpc) is 1.98. The lowest BCUT2D eigenvalue weighted by molar-refractivity contribution is -0.129. The van der Waals surface area contributed by atoms with Gasteiger partial charge in [-0.3, -0.25) is 4.79 Å². The molecule has 2 nitrogen and oxygen atoms in total. The van der Waals surface area contributed by atoms with Gasteiger partial charge in [0.1, 0.15) is 6.10 Å². The Balaban J connectivity index is 3.41. The maximum Gasteiger partial charge on any atom is 0.160 e. The molecule has 0 amide bonds. The van der Waals surface area contributed by atoms with Gasteiger partial charge in [0.2, 0.25) is 0 Å². The molecule has 0 spiro atoms. The fourth-order valence-electron chi connectivity index (χ4n) is 0.675. The fraction of sp³-hybridized carbons (Fsp3) is 0.875. The van der Waals surface area contributed by atoms with Gasteiger partial charge in [0.25, 0.3) is 0 Å². The predicted molar refractivity (Wildman–Crippen MR) is 41.0 cm³/mol. The van der Waals surface area contributed by atoms with Crippen molar-refractivity contribution in [2.75, 3.05) is 6.61 Å². The minimum atomic E-state index is -0.204. The molecule has 0 aliphatic carbocycles. The van der Waals surface area contributed by atoms with Gasteiger partial charge in [0.05, 0.1) is 0 Å². The van der Waals surface area contributed by atoms with Crippen LogP contribution in [0.1, 0.15) is 33.6 Å². The third-order valence-corrected chi connectivity index (χ3v) is 1.37. The number of carbonyl (C=O) groups is 1. The van der Waals surface area contributed by atoms with E-state index in [-0.39, 0.29) is 11.9 Å². The summed E-state index contributed by atoms with van der Waals surface area (Å²) in [5.41, 5.74) is 0. The Morgan fingerprint density at radius 2 is 2.10 bits per heavy atom. The van der Waals surface area contributed by atoms with Crippen LogP contribution in [0, 0.1) is 0 Å². The van der Waals surface area contributed by atoms with Crippen molar-refractivity contribution in [2.24, 2.45) is 0 Å². The summed E-state index contributed by atoms with van der Waals surface area (Å²) in [6.07, 6.45) is 1.34. The summed E-state index contributed by atoms with van der Waals surface area (Å²) in [5, 5.41) is 0. The van der Waals surface area contributed by atoms with Crippen molar-refractivity contribution in [3.8, 4) is 0 Å². The van der Waals surface area contributed by atoms with E-state index in [1.165, 1.54) is 0 Å². The van der Waals surface area contributed by atoms with Gasteiger partial charge in [-0.2, -0.15) is 0 Å². The molecular formula is C8H16O2. The highest BCUT2D eigenvalue weighted by Crippen LogP contribution is 1.96. The summed E-state index contributed by atoms with van der Waals surface area (Å²) >= 11 is 0. The lowest BCUT2D eigenvalue weighted by atomic mass is 10.2. The summed E-state index contributed by atoms with van der Waals surface area (Å²) in [7, 11) is 0. The summed E-state index contributed by atoms with van der Waals surface area (Å²) in [6.45, 7) is 6.38. The second-order valence-electron chi connectivity index (χ2n) is 2.33. The van der Waals surface area contributed by atoms with Crippen LogP contribution in [0.5, 0.6) is 0 Å². The molecule has 0 aliphatic rings. The van der Waals surface area contributed by atoms with Crippen molar-refractivity contribution in [1.82, 2.24) is 0 Å². The second kappa shape index (κ2) is 5.42. The van der Waals surface area contributed by atoms with Crippen molar-refractivity contribution in [3.05, 3.63) is 0 Å². The normalized spacial score (nSPS) is 13.1. The molecule has 0 bridgehead atoms. The zero-order valence-electron chi connectivity index (χ0n) is 7.02. The Morgan fingerprint density at radius 1 is 1.50 bits per heavy atom. The van der Waals surface area contributed by atoms with E-state index in [9.17, 15) is 4.79 Å². The Labute approximate surface area is 62.6 Å². The largest absolute Gasteiger partial charge is 0.371 e. The molecule has 0 saturated carbocycles. The van der Waals surface area contributed by atoms with Gasteiger partial charge in [-0.15, -0.1) is 0 Å². The molecule has 0 fully saturated rings. The molecule has 0 rings (SSSR count). The number of Topliss-reactive ketones (excluding diaryl/α,β-unsaturated/α-hetero) is 1. The van der Waals surface area contributed by atoms with E-state index in [1.54, 1.807) is 0 Å². The monoisotopic (exact) mass is 144 g/mol. The molecule has 60 valence electrons. The van der Waals surface area contributed by atoms with Crippen LogP contribution in [-0.2, 0) is 9.53 Å². The maximum atomic E-state index is 10.9. The zero-order chi connectivity index (χ0) is 7.98. The number of hydrogen-bond acceptors (Lipinski definition) is 2. The first-order chi connectivity index (χ1) is 4.72. The van der Waals surface area contributed by atoms with Crippen LogP contribution in [-0.4, -0.2) is 18.5 Å². The Morgan fingerprint density at radius 3 is 2.50 bits per heavy atom. The SMILES string of the molecule is CCCOC(C)C(=O)CC. The summed E-state index contributed by atoms with van der Waals surface area (Å²) in [5.74, 6) is 0.188. The first-order valence-electron chi connectivity index (χ1n) is 3.86. The van der Waals surface area contributed by atoms with Crippen molar-refractivity contribution in [1.29, 1.82) is 0 Å². The van der Waals surface area contributed by atoms with Crippen LogP contribution >= 0.6 is 0 Å². The quantitative estimate of drug-likeness (QED) is 0.588. The Bertz CT molecular complexity index is 99.4. The van der Waals surface area contributed by atoms with Crippen LogP contribution in [0.4, 0.5) is 0 Å². The summed E-state index contributed by atoms with van der Waals surface area (Å²) < 4.78 is 5.19. The van der Waals surface area contributed by atoms with Crippen LogP contribution in [0.3, 0.4) is 0 Å². The summed E-state index contributed by atoms with van der Waals surface area (Å²) in [4.78, 5) is 10.9. The van der Waals surface area contributed by atoms with Crippen LogP contribution in [0.25, 0.3) is 0 Å². The van der Waals surface area contributed by atoms with Crippen molar-refractivity contribution < 1.29 is 9.53 Å². The van der Waals surface area contributed by atoms with Crippen molar-refractivity contribution >= 4 is 5.78 Å². The van der Waals surface area contributed by atoms with Crippen LogP contribution < -0.4 is 0 Å². The molecule has 1 unspecified atom stereocenters. The average molecular weight is 144 g/mol. The first kappa shape index (κ1) is 9.63. The standard InChI is InChI=1S/C8H16O2/c1-4-6-10-7(3)8(9)5-2/h7H,4-6H2,1-3H3. The van der Waals surface area contributed by atoms with E-state index in [4.69, 9.17) is 4.74 Å². The molecule has 0 saturated heterocycles. The number of carbonyl (C=O) groups excluding carboxylic acids is 1. The van der Waals surface area contributed by atoms with Gasteiger partial charge in [-0.1, -0.05) is 13.8 Å². The lowest BCUT2D eigenvalue weighted by Crippen LogP contribution is -2.19. The van der Waals surface area contributed by atoms with E-state index in [0.29, 0.717) is 13.0 Å². The molecular weight excluding hydrogens is 128 g/mol. The zero-order valence-corrected chi connectivity index (χ0v) is 7.02. The number of rotatable bonds is 5. The van der Waals surface area contributed by atoms with Gasteiger partial charge in [-0.05, 0) is 13.3 Å². The van der Waals surface area contributed by atoms with E-state index in [0.717, 1.165) is 6.42 Å². The number of ketones is 1. The first-order valence-corrected chi connectivity index (χ1v) is 3.86. The topological polar surface area (TPSA) is 26.3 Å². The third kappa shape index (κ3) is 3.62. The van der Waals surface area contributed by atoms with Gasteiger partial charge in [0, 0.05) is 13.0 Å². The molecule has 0 aliphatic heterocycles. The molecule has 2 heteroatoms. The fourth-order valence-corrected chi connectivity index (χ4v) is 0.675. The van der Waals surface area contributed by atoms with Gasteiger partial charge in [-0.25, -0.2) is 0 Å². The predicted octanol–water partition coefficient (Wildman–Crippen LogP) is 1.78. The highest BCUT2D eigenvalue weighted by Gasteiger charge is 2.08. The molecule has 0 aromatic carbocycles. The lowest BCUT2D eigenvalue weighted by Gasteiger charge is -2.08. The van der Waals surface area contributed by atoms with Gasteiger partial charge >= 0.3 is 0 Å².